The predicted molar refractivity (Wildman–Crippen MR) is 132 cm³/mol. The smallest absolute Gasteiger partial charge is 0.319 e. The Kier molecular flexibility index (Phi) is 6.21. The SMILES string of the molecule is C[C@H]1Oc2ccc(NC(=O)NCc3ccccc3)cc2CN([C@H]2CCCc3ccccc32)C1=O. The molecule has 3 amide bonds. The van der Waals surface area contributed by atoms with Crippen LogP contribution in [0.15, 0.2) is 72.8 Å². The molecule has 6 nitrogen and oxygen atoms in total. The van der Waals surface area contributed by atoms with Gasteiger partial charge in [-0.1, -0.05) is 54.6 Å². The second-order valence-corrected chi connectivity index (χ2v) is 8.95. The number of nitrogens with zero attached hydrogens (tertiary/aromatic N) is 1. The molecule has 0 bridgehead atoms. The number of amides is 3. The first-order valence-electron chi connectivity index (χ1n) is 11.8. The zero-order valence-electron chi connectivity index (χ0n) is 19.3. The summed E-state index contributed by atoms with van der Waals surface area (Å²) < 4.78 is 6.02. The molecule has 0 aromatic heterocycles. The van der Waals surface area contributed by atoms with Crippen LogP contribution < -0.4 is 15.4 Å². The van der Waals surface area contributed by atoms with Crippen molar-refractivity contribution < 1.29 is 14.3 Å². The van der Waals surface area contributed by atoms with Gasteiger partial charge in [0.1, 0.15) is 5.75 Å². The van der Waals surface area contributed by atoms with E-state index in [9.17, 15) is 9.59 Å². The molecule has 5 rings (SSSR count). The average Bonchev–Trinajstić information content (AvgIpc) is 2.99. The monoisotopic (exact) mass is 455 g/mol. The summed E-state index contributed by atoms with van der Waals surface area (Å²) >= 11 is 0. The van der Waals surface area contributed by atoms with E-state index in [1.54, 1.807) is 0 Å². The maximum atomic E-state index is 13.3. The van der Waals surface area contributed by atoms with Crippen molar-refractivity contribution in [2.75, 3.05) is 5.32 Å². The Labute approximate surface area is 199 Å². The topological polar surface area (TPSA) is 70.7 Å². The van der Waals surface area contributed by atoms with Gasteiger partial charge in [-0.05, 0) is 61.1 Å². The summed E-state index contributed by atoms with van der Waals surface area (Å²) in [6, 6.07) is 23.5. The van der Waals surface area contributed by atoms with E-state index in [4.69, 9.17) is 4.74 Å². The molecular weight excluding hydrogens is 426 g/mol. The van der Waals surface area contributed by atoms with E-state index >= 15 is 0 Å². The van der Waals surface area contributed by atoms with Crippen LogP contribution in [0.2, 0.25) is 0 Å². The number of carbonyl (C=O) groups is 2. The standard InChI is InChI=1S/C28H29N3O3/c1-19-27(32)31(25-13-7-11-21-10-5-6-12-24(21)25)18-22-16-23(14-15-26(22)34-19)30-28(33)29-17-20-8-3-2-4-9-20/h2-6,8-10,12,14-16,19,25H,7,11,13,17-18H2,1H3,(H2,29,30,33)/t19-,25+/m1/s1. The maximum absolute atomic E-state index is 13.3. The molecule has 174 valence electrons. The highest BCUT2D eigenvalue weighted by Crippen LogP contribution is 2.38. The lowest BCUT2D eigenvalue weighted by Gasteiger charge is -2.35. The maximum Gasteiger partial charge on any atom is 0.319 e. The predicted octanol–water partition coefficient (Wildman–Crippen LogP) is 5.20. The molecule has 3 aromatic rings. The number of anilines is 1. The van der Waals surface area contributed by atoms with Crippen LogP contribution in [-0.4, -0.2) is 22.9 Å². The van der Waals surface area contributed by atoms with Crippen LogP contribution >= 0.6 is 0 Å². The van der Waals surface area contributed by atoms with Crippen LogP contribution in [0.4, 0.5) is 10.5 Å². The van der Waals surface area contributed by atoms with Crippen molar-refractivity contribution in [3.8, 4) is 5.75 Å². The zero-order chi connectivity index (χ0) is 23.5. The summed E-state index contributed by atoms with van der Waals surface area (Å²) in [6.45, 7) is 2.70. The summed E-state index contributed by atoms with van der Waals surface area (Å²) in [6.07, 6.45) is 2.47. The normalized spacial score (nSPS) is 19.3. The molecule has 0 saturated carbocycles. The van der Waals surface area contributed by atoms with Gasteiger partial charge in [-0.15, -0.1) is 0 Å². The molecule has 6 heteroatoms. The van der Waals surface area contributed by atoms with Crippen molar-refractivity contribution in [3.05, 3.63) is 95.1 Å². The summed E-state index contributed by atoms with van der Waals surface area (Å²) in [7, 11) is 0. The van der Waals surface area contributed by atoms with Gasteiger partial charge in [-0.3, -0.25) is 4.79 Å². The quantitative estimate of drug-likeness (QED) is 0.568. The second kappa shape index (κ2) is 9.59. The number of rotatable bonds is 4. The van der Waals surface area contributed by atoms with E-state index in [1.165, 1.54) is 11.1 Å². The number of fused-ring (bicyclic) bond motifs is 2. The minimum Gasteiger partial charge on any atom is -0.481 e. The van der Waals surface area contributed by atoms with E-state index in [0.717, 1.165) is 30.4 Å². The van der Waals surface area contributed by atoms with Crippen LogP contribution in [0.25, 0.3) is 0 Å². The Bertz CT molecular complexity index is 1190. The lowest BCUT2D eigenvalue weighted by atomic mass is 9.86. The Balaban J connectivity index is 1.35. The lowest BCUT2D eigenvalue weighted by molar-refractivity contribution is -0.140. The fraction of sp³-hybridized carbons (Fsp3) is 0.286. The number of ether oxygens (including phenoxy) is 1. The van der Waals surface area contributed by atoms with Crippen molar-refractivity contribution in [2.45, 2.75) is 51.4 Å². The zero-order valence-corrected chi connectivity index (χ0v) is 19.3. The number of nitrogens with one attached hydrogen (secondary N) is 2. The molecule has 34 heavy (non-hydrogen) atoms. The number of hydrogen-bond acceptors (Lipinski definition) is 3. The molecule has 2 aliphatic rings. The van der Waals surface area contributed by atoms with Crippen LogP contribution in [0.1, 0.15) is 48.1 Å². The second-order valence-electron chi connectivity index (χ2n) is 8.95. The fourth-order valence-electron chi connectivity index (χ4n) is 4.90. The van der Waals surface area contributed by atoms with Gasteiger partial charge in [0.05, 0.1) is 12.6 Å². The Morgan fingerprint density at radius 1 is 1.03 bits per heavy atom. The van der Waals surface area contributed by atoms with E-state index < -0.39 is 6.10 Å². The molecule has 1 aliphatic carbocycles. The molecule has 0 radical (unpaired) electrons. The van der Waals surface area contributed by atoms with Crippen molar-refractivity contribution in [2.24, 2.45) is 0 Å². The van der Waals surface area contributed by atoms with Crippen molar-refractivity contribution >= 4 is 17.6 Å². The summed E-state index contributed by atoms with van der Waals surface area (Å²) in [5, 5.41) is 5.79. The number of urea groups is 1. The van der Waals surface area contributed by atoms with E-state index in [1.807, 2.05) is 66.4 Å². The highest BCUT2D eigenvalue weighted by molar-refractivity contribution is 5.89. The largest absolute Gasteiger partial charge is 0.481 e. The summed E-state index contributed by atoms with van der Waals surface area (Å²) in [5.41, 5.74) is 5.13. The first-order valence-corrected chi connectivity index (χ1v) is 11.8. The third kappa shape index (κ3) is 4.62. The van der Waals surface area contributed by atoms with Gasteiger partial charge >= 0.3 is 6.03 Å². The molecule has 0 fully saturated rings. The van der Waals surface area contributed by atoms with Gasteiger partial charge in [0.25, 0.3) is 5.91 Å². The molecular formula is C28H29N3O3. The highest BCUT2D eigenvalue weighted by atomic mass is 16.5. The molecule has 0 spiro atoms. The third-order valence-electron chi connectivity index (χ3n) is 6.60. The molecule has 1 heterocycles. The van der Waals surface area contributed by atoms with Gasteiger partial charge in [0.2, 0.25) is 0 Å². The lowest BCUT2D eigenvalue weighted by Crippen LogP contribution is -2.41. The van der Waals surface area contributed by atoms with E-state index in [0.29, 0.717) is 24.5 Å². The number of aryl methyl sites for hydroxylation is 1. The molecule has 0 saturated heterocycles. The molecule has 2 N–H and O–H groups in total. The van der Waals surface area contributed by atoms with Crippen molar-refractivity contribution in [3.63, 3.8) is 0 Å². The van der Waals surface area contributed by atoms with Gasteiger partial charge in [0, 0.05) is 17.8 Å². The minimum atomic E-state index is -0.566. The van der Waals surface area contributed by atoms with Crippen LogP contribution in [-0.2, 0) is 24.3 Å². The Morgan fingerprint density at radius 2 is 1.82 bits per heavy atom. The van der Waals surface area contributed by atoms with Gasteiger partial charge in [-0.25, -0.2) is 4.79 Å². The highest BCUT2D eigenvalue weighted by Gasteiger charge is 2.35. The molecule has 3 aromatic carbocycles. The van der Waals surface area contributed by atoms with Gasteiger partial charge in [0.15, 0.2) is 6.10 Å². The third-order valence-corrected chi connectivity index (χ3v) is 6.60. The number of hydrogen-bond donors (Lipinski definition) is 2. The summed E-state index contributed by atoms with van der Waals surface area (Å²) in [4.78, 5) is 27.7. The average molecular weight is 456 g/mol. The Morgan fingerprint density at radius 3 is 2.68 bits per heavy atom. The summed E-state index contributed by atoms with van der Waals surface area (Å²) in [5.74, 6) is 0.677. The first-order chi connectivity index (χ1) is 16.6. The van der Waals surface area contributed by atoms with E-state index in [2.05, 4.69) is 28.8 Å². The molecule has 2 atom stereocenters. The van der Waals surface area contributed by atoms with Crippen molar-refractivity contribution in [1.82, 2.24) is 10.2 Å². The van der Waals surface area contributed by atoms with Gasteiger partial charge < -0.3 is 20.3 Å². The van der Waals surface area contributed by atoms with Crippen LogP contribution in [0.5, 0.6) is 5.75 Å². The van der Waals surface area contributed by atoms with Crippen molar-refractivity contribution in [1.29, 1.82) is 0 Å². The van der Waals surface area contributed by atoms with Gasteiger partial charge in [-0.2, -0.15) is 0 Å². The fourth-order valence-corrected chi connectivity index (χ4v) is 4.90. The molecule has 0 unspecified atom stereocenters. The number of carbonyl (C=O) groups excluding carboxylic acids is 2. The molecule has 1 aliphatic heterocycles. The van der Waals surface area contributed by atoms with E-state index in [-0.39, 0.29) is 18.0 Å². The van der Waals surface area contributed by atoms with Crippen LogP contribution in [0, 0.1) is 0 Å². The number of benzene rings is 3. The Hall–Kier alpha value is -3.80. The van der Waals surface area contributed by atoms with Crippen LogP contribution in [0.3, 0.4) is 0 Å². The minimum absolute atomic E-state index is 0.00647. The first kappa shape index (κ1) is 22.0.